The third-order valence-corrected chi connectivity index (χ3v) is 1.66. The molecular formula is C6H13N3O2. The van der Waals surface area contributed by atoms with Gasteiger partial charge in [0, 0.05) is 13.1 Å². The molecule has 0 aromatic rings. The monoisotopic (exact) mass is 159 g/mol. The second kappa shape index (κ2) is 2.77. The second-order valence-corrected chi connectivity index (χ2v) is 3.21. The number of nitrogens with one attached hydrogen (secondary N) is 1. The number of aliphatic hydroxyl groups is 1. The van der Waals surface area contributed by atoms with Gasteiger partial charge in [-0.3, -0.25) is 15.1 Å². The summed E-state index contributed by atoms with van der Waals surface area (Å²) in [6, 6.07) is 0. The van der Waals surface area contributed by atoms with Crippen LogP contribution in [0.1, 0.15) is 6.92 Å². The smallest absolute Gasteiger partial charge is 0.248 e. The van der Waals surface area contributed by atoms with Crippen molar-refractivity contribution in [1.29, 1.82) is 0 Å². The first kappa shape index (κ1) is 8.45. The number of hydrogen-bond acceptors (Lipinski definition) is 4. The van der Waals surface area contributed by atoms with E-state index in [4.69, 9.17) is 5.84 Å². The molecule has 0 radical (unpaired) electrons. The topological polar surface area (TPSA) is 78.6 Å². The number of hydrazine groups is 1. The lowest BCUT2D eigenvalue weighted by Crippen LogP contribution is -2.61. The molecule has 0 spiro atoms. The largest absolute Gasteiger partial charge is 0.388 e. The third kappa shape index (κ3) is 2.14. The molecule has 0 bridgehead atoms. The summed E-state index contributed by atoms with van der Waals surface area (Å²) in [5.41, 5.74) is 1.41. The lowest BCUT2D eigenvalue weighted by atomic mass is 9.97. The Morgan fingerprint density at radius 3 is 2.73 bits per heavy atom. The van der Waals surface area contributed by atoms with Crippen LogP contribution in [0.5, 0.6) is 0 Å². The average molecular weight is 159 g/mol. The number of β-amino-alcohol motifs (C(OH)–C–C–N with tert-alkyl or cyclic N) is 1. The molecule has 0 unspecified atom stereocenters. The Morgan fingerprint density at radius 2 is 2.36 bits per heavy atom. The van der Waals surface area contributed by atoms with Gasteiger partial charge in [-0.1, -0.05) is 0 Å². The number of likely N-dealkylation sites (tertiary alicyclic amines) is 1. The van der Waals surface area contributed by atoms with Crippen LogP contribution in [0.3, 0.4) is 0 Å². The van der Waals surface area contributed by atoms with E-state index in [9.17, 15) is 9.90 Å². The SMILES string of the molecule is CC1(O)CN(CC(=O)NN)C1. The minimum atomic E-state index is -0.616. The zero-order valence-electron chi connectivity index (χ0n) is 6.50. The molecule has 11 heavy (non-hydrogen) atoms. The van der Waals surface area contributed by atoms with Gasteiger partial charge in [0.05, 0.1) is 12.1 Å². The fourth-order valence-corrected chi connectivity index (χ4v) is 1.28. The van der Waals surface area contributed by atoms with Gasteiger partial charge in [-0.05, 0) is 6.92 Å². The van der Waals surface area contributed by atoms with Crippen LogP contribution in [0, 0.1) is 0 Å². The Morgan fingerprint density at radius 1 is 1.82 bits per heavy atom. The van der Waals surface area contributed by atoms with Crippen LogP contribution in [-0.4, -0.2) is 41.1 Å². The van der Waals surface area contributed by atoms with Crippen molar-refractivity contribution in [2.24, 2.45) is 5.84 Å². The molecular weight excluding hydrogens is 146 g/mol. The number of rotatable bonds is 2. The van der Waals surface area contributed by atoms with Crippen molar-refractivity contribution in [1.82, 2.24) is 10.3 Å². The van der Waals surface area contributed by atoms with Crippen LogP contribution in [0.15, 0.2) is 0 Å². The predicted molar refractivity (Wildman–Crippen MR) is 39.4 cm³/mol. The maximum atomic E-state index is 10.7. The molecule has 0 aliphatic carbocycles. The summed E-state index contributed by atoms with van der Waals surface area (Å²) in [7, 11) is 0. The van der Waals surface area contributed by atoms with E-state index in [1.165, 1.54) is 0 Å². The number of carbonyl (C=O) groups excluding carboxylic acids is 1. The van der Waals surface area contributed by atoms with Crippen LogP contribution < -0.4 is 11.3 Å². The molecule has 1 amide bonds. The molecule has 1 aliphatic heterocycles. The first-order chi connectivity index (χ1) is 5.03. The Hall–Kier alpha value is -0.650. The standard InChI is InChI=1S/C6H13N3O2/c1-6(11)3-9(4-6)2-5(10)8-7/h11H,2-4,7H2,1H3,(H,8,10). The summed E-state index contributed by atoms with van der Waals surface area (Å²) in [5.74, 6) is 4.66. The molecule has 5 nitrogen and oxygen atoms in total. The third-order valence-electron chi connectivity index (χ3n) is 1.66. The number of nitrogens with zero attached hydrogens (tertiary/aromatic N) is 1. The van der Waals surface area contributed by atoms with E-state index in [1.807, 2.05) is 10.3 Å². The van der Waals surface area contributed by atoms with Gasteiger partial charge in [-0.15, -0.1) is 0 Å². The minimum Gasteiger partial charge on any atom is -0.388 e. The van der Waals surface area contributed by atoms with Crippen LogP contribution in [0.4, 0.5) is 0 Å². The van der Waals surface area contributed by atoms with E-state index in [0.717, 1.165) is 0 Å². The maximum absolute atomic E-state index is 10.7. The van der Waals surface area contributed by atoms with E-state index in [0.29, 0.717) is 13.1 Å². The van der Waals surface area contributed by atoms with Gasteiger partial charge >= 0.3 is 0 Å². The summed E-state index contributed by atoms with van der Waals surface area (Å²) < 4.78 is 0. The van der Waals surface area contributed by atoms with Crippen molar-refractivity contribution < 1.29 is 9.90 Å². The fraction of sp³-hybridized carbons (Fsp3) is 0.833. The Balaban J connectivity index is 2.19. The minimum absolute atomic E-state index is 0.222. The van der Waals surface area contributed by atoms with Crippen molar-refractivity contribution >= 4 is 5.91 Å². The number of amides is 1. The summed E-state index contributed by atoms with van der Waals surface area (Å²) in [4.78, 5) is 12.5. The summed E-state index contributed by atoms with van der Waals surface area (Å²) >= 11 is 0. The molecule has 1 fully saturated rings. The van der Waals surface area contributed by atoms with Crippen molar-refractivity contribution in [3.8, 4) is 0 Å². The van der Waals surface area contributed by atoms with Gasteiger partial charge in [-0.2, -0.15) is 0 Å². The van der Waals surface area contributed by atoms with Crippen LogP contribution in [0.25, 0.3) is 0 Å². The average Bonchev–Trinajstić information content (AvgIpc) is 1.83. The number of carbonyl (C=O) groups is 1. The lowest BCUT2D eigenvalue weighted by Gasteiger charge is -2.43. The highest BCUT2D eigenvalue weighted by molar-refractivity contribution is 5.77. The molecule has 5 heteroatoms. The van der Waals surface area contributed by atoms with Gasteiger partial charge in [0.1, 0.15) is 0 Å². The molecule has 1 heterocycles. The normalized spacial score (nSPS) is 22.5. The zero-order chi connectivity index (χ0) is 8.48. The van der Waals surface area contributed by atoms with Crippen molar-refractivity contribution in [3.63, 3.8) is 0 Å². The molecule has 0 aromatic heterocycles. The van der Waals surface area contributed by atoms with Crippen LogP contribution in [0.2, 0.25) is 0 Å². The first-order valence-corrected chi connectivity index (χ1v) is 3.48. The highest BCUT2D eigenvalue weighted by Gasteiger charge is 2.36. The predicted octanol–water partition coefficient (Wildman–Crippen LogP) is -1.96. The quantitative estimate of drug-likeness (QED) is 0.248. The van der Waals surface area contributed by atoms with Gasteiger partial charge in [0.15, 0.2) is 0 Å². The van der Waals surface area contributed by atoms with Crippen molar-refractivity contribution in [3.05, 3.63) is 0 Å². The fourth-order valence-electron chi connectivity index (χ4n) is 1.28. The maximum Gasteiger partial charge on any atom is 0.248 e. The lowest BCUT2D eigenvalue weighted by molar-refractivity contribution is -0.130. The van der Waals surface area contributed by atoms with E-state index in [2.05, 4.69) is 0 Å². The highest BCUT2D eigenvalue weighted by atomic mass is 16.3. The van der Waals surface area contributed by atoms with Gasteiger partial charge in [0.25, 0.3) is 0 Å². The zero-order valence-corrected chi connectivity index (χ0v) is 6.50. The molecule has 1 saturated heterocycles. The second-order valence-electron chi connectivity index (χ2n) is 3.21. The van der Waals surface area contributed by atoms with E-state index in [1.54, 1.807) is 6.92 Å². The number of nitrogens with two attached hydrogens (primary N) is 1. The van der Waals surface area contributed by atoms with E-state index < -0.39 is 5.60 Å². The van der Waals surface area contributed by atoms with E-state index >= 15 is 0 Å². The Kier molecular flexibility index (Phi) is 2.12. The first-order valence-electron chi connectivity index (χ1n) is 3.48. The van der Waals surface area contributed by atoms with Crippen molar-refractivity contribution in [2.45, 2.75) is 12.5 Å². The molecule has 1 aliphatic rings. The summed E-state index contributed by atoms with van der Waals surface area (Å²) in [6.07, 6.45) is 0. The van der Waals surface area contributed by atoms with Gasteiger partial charge < -0.3 is 5.11 Å². The summed E-state index contributed by atoms with van der Waals surface area (Å²) in [6.45, 7) is 3.09. The Labute approximate surface area is 65.1 Å². The van der Waals surface area contributed by atoms with Gasteiger partial charge in [0.2, 0.25) is 5.91 Å². The molecule has 0 saturated carbocycles. The Bertz CT molecular complexity index is 161. The van der Waals surface area contributed by atoms with Gasteiger partial charge in [-0.25, -0.2) is 5.84 Å². The molecule has 64 valence electrons. The molecule has 0 atom stereocenters. The van der Waals surface area contributed by atoms with Crippen molar-refractivity contribution in [2.75, 3.05) is 19.6 Å². The van der Waals surface area contributed by atoms with Crippen LogP contribution in [-0.2, 0) is 4.79 Å². The highest BCUT2D eigenvalue weighted by Crippen LogP contribution is 2.18. The molecule has 1 rings (SSSR count). The summed E-state index contributed by atoms with van der Waals surface area (Å²) in [5, 5.41) is 9.26. The van der Waals surface area contributed by atoms with Crippen LogP contribution >= 0.6 is 0 Å². The van der Waals surface area contributed by atoms with E-state index in [-0.39, 0.29) is 12.5 Å². The molecule has 4 N–H and O–H groups in total. The number of hydrogen-bond donors (Lipinski definition) is 3. The molecule has 0 aromatic carbocycles.